The van der Waals surface area contributed by atoms with E-state index in [4.69, 9.17) is 11.6 Å². The van der Waals surface area contributed by atoms with Crippen LogP contribution in [-0.4, -0.2) is 47.9 Å². The number of amides is 1. The quantitative estimate of drug-likeness (QED) is 0.445. The SMILES string of the molecule is Cl.O=C(Nc1ccc(Cl)cc1)O[C@@H](CN1CCCC(c2cccc(C(F)(F)F)n2)C1)C(F)(F)F. The maximum atomic E-state index is 13.5. The number of halogens is 8. The third-order valence-electron chi connectivity index (χ3n) is 5.11. The van der Waals surface area contributed by atoms with E-state index in [2.05, 4.69) is 15.0 Å². The first-order valence-corrected chi connectivity index (χ1v) is 10.4. The molecule has 1 unspecified atom stereocenters. The number of nitrogens with one attached hydrogen (secondary N) is 1. The van der Waals surface area contributed by atoms with E-state index in [1.54, 1.807) is 0 Å². The molecule has 0 bridgehead atoms. The van der Waals surface area contributed by atoms with Crippen molar-refractivity contribution in [1.29, 1.82) is 0 Å². The number of piperidine rings is 1. The molecule has 188 valence electrons. The van der Waals surface area contributed by atoms with Gasteiger partial charge >= 0.3 is 18.4 Å². The summed E-state index contributed by atoms with van der Waals surface area (Å²) in [6.07, 6.45) is -12.2. The van der Waals surface area contributed by atoms with Gasteiger partial charge in [0.05, 0.1) is 0 Å². The zero-order valence-electron chi connectivity index (χ0n) is 17.5. The van der Waals surface area contributed by atoms with Crippen LogP contribution in [0.3, 0.4) is 0 Å². The molecule has 0 aliphatic carbocycles. The van der Waals surface area contributed by atoms with Crippen LogP contribution < -0.4 is 5.32 Å². The Labute approximate surface area is 202 Å². The van der Waals surface area contributed by atoms with Crippen LogP contribution in [0.25, 0.3) is 0 Å². The zero-order valence-corrected chi connectivity index (χ0v) is 19.1. The molecule has 2 aromatic rings. The van der Waals surface area contributed by atoms with Gasteiger partial charge in [-0.25, -0.2) is 9.78 Å². The topological polar surface area (TPSA) is 54.5 Å². The van der Waals surface area contributed by atoms with Gasteiger partial charge in [0.25, 0.3) is 0 Å². The van der Waals surface area contributed by atoms with Gasteiger partial charge in [-0.2, -0.15) is 26.3 Å². The fourth-order valence-corrected chi connectivity index (χ4v) is 3.68. The second-order valence-corrected chi connectivity index (χ2v) is 8.05. The molecule has 0 radical (unpaired) electrons. The molecule has 1 aliphatic heterocycles. The van der Waals surface area contributed by atoms with Gasteiger partial charge in [-0.15, -0.1) is 12.4 Å². The summed E-state index contributed by atoms with van der Waals surface area (Å²) < 4.78 is 84.1. The highest BCUT2D eigenvalue weighted by atomic mass is 35.5. The molecular weight excluding hydrogens is 511 g/mol. The van der Waals surface area contributed by atoms with E-state index >= 15 is 0 Å². The first-order chi connectivity index (χ1) is 15.4. The number of pyridine rings is 1. The number of anilines is 1. The zero-order chi connectivity index (χ0) is 24.2. The van der Waals surface area contributed by atoms with Crippen LogP contribution in [0.15, 0.2) is 42.5 Å². The Morgan fingerprint density at radius 2 is 1.82 bits per heavy atom. The predicted molar refractivity (Wildman–Crippen MR) is 116 cm³/mol. The van der Waals surface area contributed by atoms with Gasteiger partial charge in [0.1, 0.15) is 5.69 Å². The van der Waals surface area contributed by atoms with Crippen LogP contribution in [0.5, 0.6) is 0 Å². The molecule has 2 heterocycles. The fraction of sp³-hybridized carbons (Fsp3) is 0.429. The molecular formula is C21H21Cl2F6N3O2. The number of nitrogens with zero attached hydrogens (tertiary/aromatic N) is 2. The van der Waals surface area contributed by atoms with Crippen LogP contribution in [0, 0.1) is 0 Å². The van der Waals surface area contributed by atoms with Gasteiger partial charge in [-0.05, 0) is 55.8 Å². The second-order valence-electron chi connectivity index (χ2n) is 7.61. The van der Waals surface area contributed by atoms with E-state index in [0.29, 0.717) is 17.9 Å². The lowest BCUT2D eigenvalue weighted by atomic mass is 9.94. The third kappa shape index (κ3) is 7.92. The predicted octanol–water partition coefficient (Wildman–Crippen LogP) is 6.53. The Bertz CT molecular complexity index is 957. The van der Waals surface area contributed by atoms with E-state index in [9.17, 15) is 31.1 Å². The number of hydrogen-bond acceptors (Lipinski definition) is 4. The second kappa shape index (κ2) is 11.5. The first kappa shape index (κ1) is 28.0. The highest BCUT2D eigenvalue weighted by molar-refractivity contribution is 6.30. The summed E-state index contributed by atoms with van der Waals surface area (Å²) in [7, 11) is 0. The lowest BCUT2D eigenvalue weighted by Crippen LogP contribution is -2.47. The maximum Gasteiger partial charge on any atom is 0.433 e. The molecule has 3 rings (SSSR count). The number of rotatable bonds is 5. The minimum Gasteiger partial charge on any atom is -0.435 e. The number of benzene rings is 1. The molecule has 1 aliphatic rings. The summed E-state index contributed by atoms with van der Waals surface area (Å²) in [5, 5.41) is 2.60. The van der Waals surface area contributed by atoms with E-state index in [0.717, 1.165) is 6.07 Å². The van der Waals surface area contributed by atoms with Gasteiger partial charge < -0.3 is 4.74 Å². The summed E-state index contributed by atoms with van der Waals surface area (Å²) >= 11 is 5.73. The van der Waals surface area contributed by atoms with Gasteiger partial charge in [0.2, 0.25) is 6.10 Å². The van der Waals surface area contributed by atoms with Crippen LogP contribution >= 0.6 is 24.0 Å². The smallest absolute Gasteiger partial charge is 0.433 e. The highest BCUT2D eigenvalue weighted by Crippen LogP contribution is 2.32. The summed E-state index contributed by atoms with van der Waals surface area (Å²) in [6.45, 7) is -0.305. The minimum atomic E-state index is -4.83. The van der Waals surface area contributed by atoms with E-state index in [1.807, 2.05) is 0 Å². The number of likely N-dealkylation sites (tertiary alicyclic amines) is 1. The van der Waals surface area contributed by atoms with Crippen molar-refractivity contribution in [3.05, 3.63) is 58.9 Å². The average molecular weight is 532 g/mol. The largest absolute Gasteiger partial charge is 0.435 e. The Morgan fingerprint density at radius 1 is 1.15 bits per heavy atom. The Kier molecular flexibility index (Phi) is 9.44. The first-order valence-electron chi connectivity index (χ1n) is 9.98. The van der Waals surface area contributed by atoms with E-state index in [-0.39, 0.29) is 36.9 Å². The van der Waals surface area contributed by atoms with Crippen molar-refractivity contribution < 1.29 is 35.9 Å². The number of hydrogen-bond donors (Lipinski definition) is 1. The van der Waals surface area contributed by atoms with Crippen molar-refractivity contribution >= 4 is 35.8 Å². The minimum absolute atomic E-state index is 0. The summed E-state index contributed by atoms with van der Waals surface area (Å²) in [6, 6.07) is 9.22. The Balaban J connectivity index is 0.00000408. The normalized spacial score (nSPS) is 18.0. The number of ether oxygens (including phenoxy) is 1. The van der Waals surface area contributed by atoms with Crippen molar-refractivity contribution in [2.24, 2.45) is 0 Å². The summed E-state index contributed by atoms with van der Waals surface area (Å²) in [5.74, 6) is -0.474. The molecule has 2 atom stereocenters. The molecule has 1 N–H and O–H groups in total. The van der Waals surface area contributed by atoms with Crippen molar-refractivity contribution in [2.75, 3.05) is 25.0 Å². The molecule has 1 aromatic carbocycles. The molecule has 5 nitrogen and oxygen atoms in total. The van der Waals surface area contributed by atoms with Crippen molar-refractivity contribution in [3.63, 3.8) is 0 Å². The molecule has 1 amide bonds. The van der Waals surface area contributed by atoms with Crippen molar-refractivity contribution in [3.8, 4) is 0 Å². The summed E-state index contributed by atoms with van der Waals surface area (Å²) in [4.78, 5) is 17.1. The van der Waals surface area contributed by atoms with Crippen LogP contribution in [0.1, 0.15) is 30.1 Å². The summed E-state index contributed by atoms with van der Waals surface area (Å²) in [5.41, 5.74) is -0.675. The average Bonchev–Trinajstić information content (AvgIpc) is 2.74. The number of aromatic nitrogens is 1. The number of alkyl halides is 6. The van der Waals surface area contributed by atoms with Crippen LogP contribution in [0.2, 0.25) is 5.02 Å². The van der Waals surface area contributed by atoms with E-state index in [1.165, 1.54) is 41.3 Å². The molecule has 1 fully saturated rings. The molecule has 1 aromatic heterocycles. The monoisotopic (exact) mass is 531 g/mol. The molecule has 1 saturated heterocycles. The third-order valence-corrected chi connectivity index (χ3v) is 5.37. The Hall–Kier alpha value is -2.24. The molecule has 13 heteroatoms. The van der Waals surface area contributed by atoms with Crippen LogP contribution in [-0.2, 0) is 10.9 Å². The van der Waals surface area contributed by atoms with E-state index < -0.39 is 42.7 Å². The molecule has 0 saturated carbocycles. The maximum absolute atomic E-state index is 13.5. The lowest BCUT2D eigenvalue weighted by Gasteiger charge is -2.35. The van der Waals surface area contributed by atoms with Gasteiger partial charge in [0, 0.05) is 35.4 Å². The molecule has 34 heavy (non-hydrogen) atoms. The molecule has 0 spiro atoms. The number of carbonyl (C=O) groups is 1. The lowest BCUT2D eigenvalue weighted by molar-refractivity contribution is -0.207. The fourth-order valence-electron chi connectivity index (χ4n) is 3.55. The van der Waals surface area contributed by atoms with Crippen LogP contribution in [0.4, 0.5) is 36.8 Å². The van der Waals surface area contributed by atoms with Crippen molar-refractivity contribution in [1.82, 2.24) is 9.88 Å². The van der Waals surface area contributed by atoms with Gasteiger partial charge in [0.15, 0.2) is 0 Å². The van der Waals surface area contributed by atoms with Crippen molar-refractivity contribution in [2.45, 2.75) is 37.2 Å². The van der Waals surface area contributed by atoms with Gasteiger partial charge in [-0.3, -0.25) is 10.2 Å². The number of carbonyl (C=O) groups excluding carboxylic acids is 1. The highest BCUT2D eigenvalue weighted by Gasteiger charge is 2.44. The standard InChI is InChI=1S/C21H20ClF6N3O2.ClH/c22-14-6-8-15(9-7-14)29-19(32)33-18(21(26,27)28)12-31-10-2-3-13(11-31)16-4-1-5-17(30-16)20(23,24)25;/h1,4-9,13,18H,2-3,10-12H2,(H,29,32);1H/t13?,18-;/m0./s1. The Morgan fingerprint density at radius 3 is 2.44 bits per heavy atom. The van der Waals surface area contributed by atoms with Gasteiger partial charge in [-0.1, -0.05) is 17.7 Å².